The summed E-state index contributed by atoms with van der Waals surface area (Å²) in [6, 6.07) is 20.2. The van der Waals surface area contributed by atoms with Gasteiger partial charge >= 0.3 is 0 Å². The number of aromatic nitrogens is 3. The van der Waals surface area contributed by atoms with Gasteiger partial charge in [0.1, 0.15) is 5.75 Å². The lowest BCUT2D eigenvalue weighted by Gasteiger charge is -2.10. The molecule has 0 atom stereocenters. The zero-order valence-electron chi connectivity index (χ0n) is 18.2. The monoisotopic (exact) mass is 464 g/mol. The molecule has 1 heterocycles. The third kappa shape index (κ3) is 5.14. The number of aryl methyl sites for hydroxylation is 1. The Hall–Kier alpha value is -2.83. The minimum absolute atomic E-state index is 0.592. The average molecular weight is 465 g/mol. The lowest BCUT2D eigenvalue weighted by molar-refractivity contribution is 0.340. The first-order chi connectivity index (χ1) is 15.7. The van der Waals surface area contributed by atoms with E-state index >= 15 is 0 Å². The molecule has 0 saturated carbocycles. The first kappa shape index (κ1) is 22.4. The van der Waals surface area contributed by atoms with Crippen molar-refractivity contribution in [2.45, 2.75) is 37.6 Å². The third-order valence-corrected chi connectivity index (χ3v) is 6.21. The highest BCUT2D eigenvalue weighted by Crippen LogP contribution is 2.28. The summed E-state index contributed by atoms with van der Waals surface area (Å²) in [5, 5.41) is 17.4. The SMILES string of the molecule is CCCc1nnc(SCc2ccc(Cl)cc2)n1/N=C/c1c(OCC)ccc2ccccc12. The fourth-order valence-corrected chi connectivity index (χ4v) is 4.40. The molecule has 7 heteroatoms. The van der Waals surface area contributed by atoms with E-state index in [0.29, 0.717) is 6.61 Å². The summed E-state index contributed by atoms with van der Waals surface area (Å²) < 4.78 is 7.74. The van der Waals surface area contributed by atoms with E-state index in [1.54, 1.807) is 11.8 Å². The van der Waals surface area contributed by atoms with Gasteiger partial charge in [0, 0.05) is 22.8 Å². The van der Waals surface area contributed by atoms with Gasteiger partial charge in [0.25, 0.3) is 0 Å². The molecule has 0 N–H and O–H groups in total. The molecule has 32 heavy (non-hydrogen) atoms. The average Bonchev–Trinajstić information content (AvgIpc) is 3.19. The number of hydrogen-bond donors (Lipinski definition) is 0. The molecule has 5 nitrogen and oxygen atoms in total. The van der Waals surface area contributed by atoms with Gasteiger partial charge in [-0.15, -0.1) is 10.2 Å². The molecule has 3 aromatic carbocycles. The molecule has 0 aliphatic heterocycles. The number of benzene rings is 3. The highest BCUT2D eigenvalue weighted by molar-refractivity contribution is 7.98. The van der Waals surface area contributed by atoms with Crippen molar-refractivity contribution < 1.29 is 4.74 Å². The van der Waals surface area contributed by atoms with Gasteiger partial charge < -0.3 is 4.74 Å². The van der Waals surface area contributed by atoms with Crippen LogP contribution in [0.4, 0.5) is 0 Å². The molecular formula is C25H25ClN4OS. The second kappa shape index (κ2) is 10.7. The lowest BCUT2D eigenvalue weighted by Crippen LogP contribution is -2.02. The summed E-state index contributed by atoms with van der Waals surface area (Å²) in [4.78, 5) is 0. The highest BCUT2D eigenvalue weighted by Gasteiger charge is 2.13. The molecule has 0 saturated heterocycles. The van der Waals surface area contributed by atoms with Crippen molar-refractivity contribution in [2.75, 3.05) is 6.61 Å². The van der Waals surface area contributed by atoms with Gasteiger partial charge in [0.2, 0.25) is 5.16 Å². The minimum atomic E-state index is 0.592. The Morgan fingerprint density at radius 1 is 1.03 bits per heavy atom. The van der Waals surface area contributed by atoms with Gasteiger partial charge in [-0.3, -0.25) is 0 Å². The summed E-state index contributed by atoms with van der Waals surface area (Å²) in [5.74, 6) is 2.42. The van der Waals surface area contributed by atoms with E-state index in [0.717, 1.165) is 56.7 Å². The topological polar surface area (TPSA) is 52.3 Å². The van der Waals surface area contributed by atoms with Crippen LogP contribution < -0.4 is 4.74 Å². The number of rotatable bonds is 9. The van der Waals surface area contributed by atoms with Crippen molar-refractivity contribution >= 4 is 40.3 Å². The van der Waals surface area contributed by atoms with Crippen molar-refractivity contribution in [1.82, 2.24) is 14.9 Å². The van der Waals surface area contributed by atoms with Gasteiger partial charge in [0.15, 0.2) is 5.82 Å². The standard InChI is InChI=1S/C25H25ClN4OS/c1-3-7-24-28-29-25(32-17-18-10-13-20(26)14-11-18)30(24)27-16-22-21-9-6-5-8-19(21)12-15-23(22)31-4-2/h5-6,8-16H,3-4,7,17H2,1-2H3/b27-16+. The maximum atomic E-state index is 6.01. The summed E-state index contributed by atoms with van der Waals surface area (Å²) >= 11 is 7.61. The molecule has 0 radical (unpaired) electrons. The highest BCUT2D eigenvalue weighted by atomic mass is 35.5. The van der Waals surface area contributed by atoms with Crippen LogP contribution in [-0.2, 0) is 12.2 Å². The quantitative estimate of drug-likeness (QED) is 0.206. The van der Waals surface area contributed by atoms with E-state index < -0.39 is 0 Å². The second-order valence-electron chi connectivity index (χ2n) is 7.25. The molecule has 0 fully saturated rings. The van der Waals surface area contributed by atoms with E-state index in [4.69, 9.17) is 21.4 Å². The predicted octanol–water partition coefficient (Wildman–Crippen LogP) is 6.61. The smallest absolute Gasteiger partial charge is 0.212 e. The Morgan fingerprint density at radius 3 is 2.62 bits per heavy atom. The largest absolute Gasteiger partial charge is 0.493 e. The Balaban J connectivity index is 1.68. The second-order valence-corrected chi connectivity index (χ2v) is 8.63. The van der Waals surface area contributed by atoms with Crippen LogP contribution >= 0.6 is 23.4 Å². The number of ether oxygens (including phenoxy) is 1. The molecule has 0 amide bonds. The van der Waals surface area contributed by atoms with E-state index in [1.165, 1.54) is 5.56 Å². The Kier molecular flexibility index (Phi) is 7.45. The summed E-state index contributed by atoms with van der Waals surface area (Å²) in [6.07, 6.45) is 3.63. The van der Waals surface area contributed by atoms with Crippen LogP contribution in [0.25, 0.3) is 10.8 Å². The van der Waals surface area contributed by atoms with E-state index in [-0.39, 0.29) is 0 Å². The number of hydrogen-bond acceptors (Lipinski definition) is 5. The van der Waals surface area contributed by atoms with Crippen LogP contribution in [0.5, 0.6) is 5.75 Å². The van der Waals surface area contributed by atoms with E-state index in [2.05, 4.69) is 35.3 Å². The Bertz CT molecular complexity index is 1220. The Morgan fingerprint density at radius 2 is 1.84 bits per heavy atom. The van der Waals surface area contributed by atoms with Gasteiger partial charge in [0.05, 0.1) is 12.8 Å². The minimum Gasteiger partial charge on any atom is -0.493 e. The normalized spacial score (nSPS) is 11.5. The van der Waals surface area contributed by atoms with Gasteiger partial charge in [-0.1, -0.05) is 72.8 Å². The first-order valence-corrected chi connectivity index (χ1v) is 12.1. The van der Waals surface area contributed by atoms with Crippen molar-refractivity contribution in [3.05, 3.63) is 82.6 Å². The van der Waals surface area contributed by atoms with Crippen LogP contribution in [0.15, 0.2) is 70.9 Å². The van der Waals surface area contributed by atoms with Crippen LogP contribution in [-0.4, -0.2) is 27.7 Å². The molecule has 4 rings (SSSR count). The van der Waals surface area contributed by atoms with Gasteiger partial charge in [-0.25, -0.2) is 0 Å². The van der Waals surface area contributed by atoms with Gasteiger partial charge in [-0.2, -0.15) is 9.78 Å². The molecule has 0 aliphatic rings. The Labute approximate surface area is 197 Å². The molecule has 4 aromatic rings. The molecule has 1 aromatic heterocycles. The number of nitrogens with zero attached hydrogens (tertiary/aromatic N) is 4. The molecule has 0 bridgehead atoms. The fraction of sp³-hybridized carbons (Fsp3) is 0.240. The van der Waals surface area contributed by atoms with Crippen LogP contribution in [0.2, 0.25) is 5.02 Å². The van der Waals surface area contributed by atoms with Crippen LogP contribution in [0.1, 0.15) is 37.2 Å². The van der Waals surface area contributed by atoms with Crippen molar-refractivity contribution in [1.29, 1.82) is 0 Å². The van der Waals surface area contributed by atoms with Gasteiger partial charge in [-0.05, 0) is 47.9 Å². The van der Waals surface area contributed by atoms with Crippen molar-refractivity contribution in [3.8, 4) is 5.75 Å². The molecule has 0 aliphatic carbocycles. The maximum Gasteiger partial charge on any atom is 0.212 e. The molecular weight excluding hydrogens is 440 g/mol. The number of halogens is 1. The predicted molar refractivity (Wildman–Crippen MR) is 133 cm³/mol. The molecule has 0 unspecified atom stereocenters. The van der Waals surface area contributed by atoms with E-state index in [1.807, 2.05) is 60.3 Å². The number of fused-ring (bicyclic) bond motifs is 1. The first-order valence-electron chi connectivity index (χ1n) is 10.7. The fourth-order valence-electron chi connectivity index (χ4n) is 3.42. The maximum absolute atomic E-state index is 6.01. The van der Waals surface area contributed by atoms with Crippen LogP contribution in [0.3, 0.4) is 0 Å². The molecule has 164 valence electrons. The summed E-state index contributed by atoms with van der Waals surface area (Å²) in [6.45, 7) is 4.71. The lowest BCUT2D eigenvalue weighted by atomic mass is 10.0. The van der Waals surface area contributed by atoms with Crippen molar-refractivity contribution in [3.63, 3.8) is 0 Å². The summed E-state index contributed by atoms with van der Waals surface area (Å²) in [5.41, 5.74) is 2.12. The zero-order chi connectivity index (χ0) is 22.3. The van der Waals surface area contributed by atoms with Crippen molar-refractivity contribution in [2.24, 2.45) is 5.10 Å². The summed E-state index contributed by atoms with van der Waals surface area (Å²) in [7, 11) is 0. The van der Waals surface area contributed by atoms with E-state index in [9.17, 15) is 0 Å². The number of thioether (sulfide) groups is 1. The zero-order valence-corrected chi connectivity index (χ0v) is 19.7. The molecule has 0 spiro atoms. The third-order valence-electron chi connectivity index (χ3n) is 4.96. The van der Waals surface area contributed by atoms with Crippen LogP contribution in [0, 0.1) is 0 Å².